The molecular formula is C28H26N4O2. The van der Waals surface area contributed by atoms with Crippen molar-refractivity contribution >= 4 is 22.9 Å². The molecule has 34 heavy (non-hydrogen) atoms. The van der Waals surface area contributed by atoms with E-state index < -0.39 is 0 Å². The van der Waals surface area contributed by atoms with Crippen molar-refractivity contribution in [2.24, 2.45) is 0 Å². The molecule has 1 atom stereocenters. The number of pyridine rings is 1. The summed E-state index contributed by atoms with van der Waals surface area (Å²) in [6.45, 7) is 3.03. The molecule has 0 aliphatic rings. The quantitative estimate of drug-likeness (QED) is 0.345. The highest BCUT2D eigenvalue weighted by atomic mass is 16.5. The van der Waals surface area contributed by atoms with E-state index in [4.69, 9.17) is 10.00 Å². The number of amides is 1. The van der Waals surface area contributed by atoms with Gasteiger partial charge in [0.2, 0.25) is 5.91 Å². The number of hydrogen-bond donors (Lipinski definition) is 1. The number of benzene rings is 2. The second-order valence-corrected chi connectivity index (χ2v) is 7.99. The fourth-order valence-corrected chi connectivity index (χ4v) is 3.78. The third-order valence-corrected chi connectivity index (χ3v) is 5.57. The standard InChI is InChI=1S/C28H26N4O2/c1-21(23-9-12-25(13-10-23)34-20-22-6-4-16-30-18-22)31-28(33)14-11-24-19-32(17-5-15-29)27-8-3-2-7-26(24)27/h2-4,6-14,16,18-19,21H,5,17,20H2,1H3,(H,31,33)/b14-11+. The maximum atomic E-state index is 12.6. The van der Waals surface area contributed by atoms with Crippen LogP contribution >= 0.6 is 0 Å². The molecule has 0 fully saturated rings. The van der Waals surface area contributed by atoms with Crippen molar-refractivity contribution in [3.05, 3.63) is 102 Å². The van der Waals surface area contributed by atoms with Gasteiger partial charge in [0.15, 0.2) is 0 Å². The number of rotatable bonds is 9. The number of para-hydroxylation sites is 1. The summed E-state index contributed by atoms with van der Waals surface area (Å²) >= 11 is 0. The van der Waals surface area contributed by atoms with Gasteiger partial charge in [-0.15, -0.1) is 0 Å². The molecule has 6 nitrogen and oxygen atoms in total. The fourth-order valence-electron chi connectivity index (χ4n) is 3.78. The van der Waals surface area contributed by atoms with Crippen LogP contribution in [-0.4, -0.2) is 15.5 Å². The Morgan fingerprint density at radius 2 is 2.00 bits per heavy atom. The largest absolute Gasteiger partial charge is 0.489 e. The first kappa shape index (κ1) is 22.8. The van der Waals surface area contributed by atoms with Crippen molar-refractivity contribution < 1.29 is 9.53 Å². The molecule has 0 bridgehead atoms. The van der Waals surface area contributed by atoms with Crippen LogP contribution in [0.3, 0.4) is 0 Å². The minimum Gasteiger partial charge on any atom is -0.489 e. The van der Waals surface area contributed by atoms with Crippen LogP contribution in [0.25, 0.3) is 17.0 Å². The van der Waals surface area contributed by atoms with E-state index in [1.165, 1.54) is 0 Å². The first-order valence-corrected chi connectivity index (χ1v) is 11.2. The number of nitrogens with zero attached hydrogens (tertiary/aromatic N) is 3. The molecule has 6 heteroatoms. The number of ether oxygens (including phenoxy) is 1. The van der Waals surface area contributed by atoms with Crippen molar-refractivity contribution in [3.8, 4) is 11.8 Å². The molecule has 0 spiro atoms. The molecule has 0 aliphatic carbocycles. The van der Waals surface area contributed by atoms with E-state index in [1.54, 1.807) is 18.5 Å². The highest BCUT2D eigenvalue weighted by Crippen LogP contribution is 2.23. The third-order valence-electron chi connectivity index (χ3n) is 5.57. The summed E-state index contributed by atoms with van der Waals surface area (Å²) in [6, 6.07) is 21.6. The monoisotopic (exact) mass is 450 g/mol. The zero-order valence-electron chi connectivity index (χ0n) is 19.0. The summed E-state index contributed by atoms with van der Waals surface area (Å²) in [7, 11) is 0. The predicted molar refractivity (Wildman–Crippen MR) is 133 cm³/mol. The van der Waals surface area contributed by atoms with Crippen LogP contribution in [-0.2, 0) is 17.9 Å². The van der Waals surface area contributed by atoms with Gasteiger partial charge in [-0.3, -0.25) is 9.78 Å². The summed E-state index contributed by atoms with van der Waals surface area (Å²) in [5.41, 5.74) is 4.00. The molecule has 170 valence electrons. The van der Waals surface area contributed by atoms with Crippen molar-refractivity contribution in [3.63, 3.8) is 0 Å². The number of hydrogen-bond acceptors (Lipinski definition) is 4. The van der Waals surface area contributed by atoms with E-state index in [2.05, 4.69) is 20.9 Å². The molecule has 0 radical (unpaired) electrons. The smallest absolute Gasteiger partial charge is 0.244 e. The molecule has 0 saturated carbocycles. The molecule has 2 heterocycles. The van der Waals surface area contributed by atoms with Gasteiger partial charge in [-0.05, 0) is 42.8 Å². The van der Waals surface area contributed by atoms with Gasteiger partial charge >= 0.3 is 0 Å². The van der Waals surface area contributed by atoms with Crippen LogP contribution in [0.2, 0.25) is 0 Å². The maximum absolute atomic E-state index is 12.6. The van der Waals surface area contributed by atoms with Gasteiger partial charge in [0, 0.05) is 53.2 Å². The number of fused-ring (bicyclic) bond motifs is 1. The van der Waals surface area contributed by atoms with Crippen LogP contribution in [0.1, 0.15) is 36.1 Å². The Kier molecular flexibility index (Phi) is 7.36. The van der Waals surface area contributed by atoms with E-state index >= 15 is 0 Å². The van der Waals surface area contributed by atoms with Crippen molar-refractivity contribution in [2.75, 3.05) is 0 Å². The lowest BCUT2D eigenvalue weighted by Gasteiger charge is -2.14. The number of carbonyl (C=O) groups excluding carboxylic acids is 1. The van der Waals surface area contributed by atoms with Crippen molar-refractivity contribution in [1.29, 1.82) is 5.26 Å². The van der Waals surface area contributed by atoms with Crippen LogP contribution in [0.5, 0.6) is 5.75 Å². The minimum absolute atomic E-state index is 0.151. The summed E-state index contributed by atoms with van der Waals surface area (Å²) < 4.78 is 7.85. The fraction of sp³-hybridized carbons (Fsp3) is 0.179. The van der Waals surface area contributed by atoms with Gasteiger partial charge in [0.25, 0.3) is 0 Å². The molecular weight excluding hydrogens is 424 g/mol. The number of aromatic nitrogens is 2. The molecule has 4 aromatic rings. The van der Waals surface area contributed by atoms with Gasteiger partial charge in [0.05, 0.1) is 18.5 Å². The van der Waals surface area contributed by atoms with Crippen LogP contribution in [0, 0.1) is 11.3 Å². The molecule has 4 rings (SSSR count). The number of nitriles is 1. The van der Waals surface area contributed by atoms with Gasteiger partial charge < -0.3 is 14.6 Å². The van der Waals surface area contributed by atoms with Crippen molar-refractivity contribution in [2.45, 2.75) is 32.5 Å². The summed E-state index contributed by atoms with van der Waals surface area (Å²) in [5, 5.41) is 13.0. The van der Waals surface area contributed by atoms with E-state index in [-0.39, 0.29) is 11.9 Å². The van der Waals surface area contributed by atoms with E-state index in [0.29, 0.717) is 19.6 Å². The number of nitrogens with one attached hydrogen (secondary N) is 1. The van der Waals surface area contributed by atoms with Gasteiger partial charge in [-0.1, -0.05) is 36.4 Å². The zero-order valence-corrected chi connectivity index (χ0v) is 19.0. The third kappa shape index (κ3) is 5.70. The lowest BCUT2D eigenvalue weighted by molar-refractivity contribution is -0.117. The normalized spacial score (nSPS) is 11.9. The Labute approximate surface area is 199 Å². The van der Waals surface area contributed by atoms with E-state index in [9.17, 15) is 4.79 Å². The van der Waals surface area contributed by atoms with Crippen LogP contribution in [0.4, 0.5) is 0 Å². The minimum atomic E-state index is -0.168. The lowest BCUT2D eigenvalue weighted by Crippen LogP contribution is -2.24. The second-order valence-electron chi connectivity index (χ2n) is 7.99. The van der Waals surface area contributed by atoms with Gasteiger partial charge in [-0.25, -0.2) is 0 Å². The maximum Gasteiger partial charge on any atom is 0.244 e. The van der Waals surface area contributed by atoms with Crippen molar-refractivity contribution in [1.82, 2.24) is 14.9 Å². The topological polar surface area (TPSA) is 79.9 Å². The van der Waals surface area contributed by atoms with Crippen LogP contribution < -0.4 is 10.1 Å². The Hall–Kier alpha value is -4.37. The summed E-state index contributed by atoms with van der Waals surface area (Å²) in [5.74, 6) is 0.595. The predicted octanol–water partition coefficient (Wildman–Crippen LogP) is 5.42. The first-order chi connectivity index (χ1) is 16.6. The highest BCUT2D eigenvalue weighted by molar-refractivity contribution is 5.96. The summed E-state index contributed by atoms with van der Waals surface area (Å²) in [6.07, 6.45) is 9.31. The lowest BCUT2D eigenvalue weighted by atomic mass is 10.1. The van der Waals surface area contributed by atoms with Crippen LogP contribution in [0.15, 0.2) is 85.3 Å². The molecule has 0 saturated heterocycles. The molecule has 1 amide bonds. The van der Waals surface area contributed by atoms with Gasteiger partial charge in [0.1, 0.15) is 12.4 Å². The molecule has 2 aromatic carbocycles. The SMILES string of the molecule is CC(NC(=O)/C=C/c1cn(CCC#N)c2ccccc12)c1ccc(OCc2cccnc2)cc1. The molecule has 2 aromatic heterocycles. The van der Waals surface area contributed by atoms with Gasteiger partial charge in [-0.2, -0.15) is 5.26 Å². The second kappa shape index (κ2) is 11.0. The zero-order chi connectivity index (χ0) is 23.8. The Bertz CT molecular complexity index is 1320. The first-order valence-electron chi connectivity index (χ1n) is 11.2. The highest BCUT2D eigenvalue weighted by Gasteiger charge is 2.09. The Morgan fingerprint density at radius 1 is 1.18 bits per heavy atom. The van der Waals surface area contributed by atoms with E-state index in [1.807, 2.05) is 79.9 Å². The summed E-state index contributed by atoms with van der Waals surface area (Å²) in [4.78, 5) is 16.6. The molecule has 0 aliphatic heterocycles. The Balaban J connectivity index is 1.36. The number of aryl methyl sites for hydroxylation is 1. The average Bonchev–Trinajstić information content (AvgIpc) is 3.23. The molecule has 1 unspecified atom stereocenters. The molecule has 1 N–H and O–H groups in total. The number of carbonyl (C=O) groups is 1. The van der Waals surface area contributed by atoms with E-state index in [0.717, 1.165) is 33.3 Å². The average molecular weight is 451 g/mol. The Morgan fingerprint density at radius 3 is 2.76 bits per heavy atom.